The Morgan fingerprint density at radius 3 is 1.08 bits per heavy atom. The normalized spacial score (nSPS) is 12.5. The van der Waals surface area contributed by atoms with Crippen molar-refractivity contribution in [3.05, 3.63) is 0 Å². The Hall–Kier alpha value is -1.59. The molecule has 0 heterocycles. The smallest absolute Gasteiger partial charge is 0.306 e. The number of carbonyl (C=O) groups excluding carboxylic acids is 3. The zero-order chi connectivity index (χ0) is 35.3. The Kier molecular flexibility index (Phi) is 35.5. The summed E-state index contributed by atoms with van der Waals surface area (Å²) in [4.78, 5) is 37.4. The largest absolute Gasteiger partial charge is 0.462 e. The maximum atomic E-state index is 12.6. The topological polar surface area (TPSA) is 78.9 Å². The molecule has 0 rings (SSSR count). The van der Waals surface area contributed by atoms with Gasteiger partial charge in [-0.15, -0.1) is 0 Å². The molecule has 0 aliphatic heterocycles. The van der Waals surface area contributed by atoms with Gasteiger partial charge in [0.2, 0.25) is 0 Å². The Morgan fingerprint density at radius 1 is 0.417 bits per heavy atom. The second-order valence-corrected chi connectivity index (χ2v) is 14.5. The highest BCUT2D eigenvalue weighted by Crippen LogP contribution is 2.16. The zero-order valence-corrected chi connectivity index (χ0v) is 32.4. The summed E-state index contributed by atoms with van der Waals surface area (Å²) in [6.45, 7) is 8.94. The summed E-state index contributed by atoms with van der Waals surface area (Å²) in [7, 11) is 0. The lowest BCUT2D eigenvalue weighted by Crippen LogP contribution is -2.30. The van der Waals surface area contributed by atoms with E-state index in [0.717, 1.165) is 63.7 Å². The summed E-state index contributed by atoms with van der Waals surface area (Å²) in [5, 5.41) is 0. The minimum Gasteiger partial charge on any atom is -0.462 e. The molecule has 0 aromatic carbocycles. The predicted octanol–water partition coefficient (Wildman–Crippen LogP) is 12.8. The van der Waals surface area contributed by atoms with Crippen LogP contribution < -0.4 is 0 Å². The van der Waals surface area contributed by atoms with Gasteiger partial charge in [-0.25, -0.2) is 0 Å². The van der Waals surface area contributed by atoms with Crippen molar-refractivity contribution in [2.24, 2.45) is 5.92 Å². The van der Waals surface area contributed by atoms with E-state index >= 15 is 0 Å². The molecule has 0 fully saturated rings. The van der Waals surface area contributed by atoms with Crippen LogP contribution in [0.25, 0.3) is 0 Å². The fraction of sp³-hybridized carbons (Fsp3) is 0.929. The Labute approximate surface area is 298 Å². The fourth-order valence-corrected chi connectivity index (χ4v) is 6.06. The van der Waals surface area contributed by atoms with Gasteiger partial charge in [-0.1, -0.05) is 188 Å². The Morgan fingerprint density at radius 2 is 0.729 bits per heavy atom. The molecule has 0 spiro atoms. The lowest BCUT2D eigenvalue weighted by molar-refractivity contribution is -0.167. The van der Waals surface area contributed by atoms with Gasteiger partial charge in [-0.2, -0.15) is 0 Å². The second kappa shape index (κ2) is 36.7. The van der Waals surface area contributed by atoms with Gasteiger partial charge in [0.05, 0.1) is 0 Å². The Balaban J connectivity index is 4.30. The van der Waals surface area contributed by atoms with E-state index in [2.05, 4.69) is 27.7 Å². The summed E-state index contributed by atoms with van der Waals surface area (Å²) in [5.41, 5.74) is 0. The van der Waals surface area contributed by atoms with E-state index in [1.54, 1.807) is 0 Å². The lowest BCUT2D eigenvalue weighted by atomic mass is 9.99. The highest BCUT2D eigenvalue weighted by Gasteiger charge is 2.19. The molecular weight excluding hydrogens is 600 g/mol. The average Bonchev–Trinajstić information content (AvgIpc) is 3.08. The van der Waals surface area contributed by atoms with E-state index in [0.29, 0.717) is 19.3 Å². The number of hydrogen-bond donors (Lipinski definition) is 0. The fourth-order valence-electron chi connectivity index (χ4n) is 6.06. The number of carbonyl (C=O) groups is 3. The van der Waals surface area contributed by atoms with E-state index in [1.807, 2.05) is 0 Å². The van der Waals surface area contributed by atoms with Crippen LogP contribution in [0.15, 0.2) is 0 Å². The molecule has 6 heteroatoms. The van der Waals surface area contributed by atoms with Crippen LogP contribution in [0, 0.1) is 5.92 Å². The molecular formula is C42H80O6. The number of unbranched alkanes of at least 4 members (excludes halogenated alkanes) is 23. The number of hydrogen-bond acceptors (Lipinski definition) is 6. The van der Waals surface area contributed by atoms with Crippen molar-refractivity contribution in [3.63, 3.8) is 0 Å². The van der Waals surface area contributed by atoms with Gasteiger partial charge in [0.1, 0.15) is 13.2 Å². The van der Waals surface area contributed by atoms with Crippen molar-refractivity contribution in [3.8, 4) is 0 Å². The summed E-state index contributed by atoms with van der Waals surface area (Å²) in [6, 6.07) is 0. The molecule has 2 atom stereocenters. The van der Waals surface area contributed by atoms with Crippen LogP contribution in [-0.4, -0.2) is 37.2 Å². The summed E-state index contributed by atoms with van der Waals surface area (Å²) >= 11 is 0. The zero-order valence-electron chi connectivity index (χ0n) is 32.4. The van der Waals surface area contributed by atoms with E-state index in [9.17, 15) is 14.4 Å². The van der Waals surface area contributed by atoms with Crippen LogP contribution in [0.2, 0.25) is 0 Å². The highest BCUT2D eigenvalue weighted by atomic mass is 16.6. The maximum absolute atomic E-state index is 12.6. The molecule has 0 aliphatic carbocycles. The summed E-state index contributed by atoms with van der Waals surface area (Å²) < 4.78 is 16.6. The third-order valence-corrected chi connectivity index (χ3v) is 9.65. The number of esters is 3. The summed E-state index contributed by atoms with van der Waals surface area (Å²) in [6.07, 6.45) is 33.7. The van der Waals surface area contributed by atoms with Crippen molar-refractivity contribution >= 4 is 17.9 Å². The molecule has 0 radical (unpaired) electrons. The average molecular weight is 681 g/mol. The van der Waals surface area contributed by atoms with Crippen molar-refractivity contribution in [1.82, 2.24) is 0 Å². The van der Waals surface area contributed by atoms with Gasteiger partial charge < -0.3 is 14.2 Å². The van der Waals surface area contributed by atoms with Crippen LogP contribution in [0.4, 0.5) is 0 Å². The van der Waals surface area contributed by atoms with Crippen molar-refractivity contribution in [2.75, 3.05) is 13.2 Å². The second-order valence-electron chi connectivity index (χ2n) is 14.5. The van der Waals surface area contributed by atoms with Gasteiger partial charge >= 0.3 is 17.9 Å². The minimum atomic E-state index is -0.757. The van der Waals surface area contributed by atoms with E-state index in [4.69, 9.17) is 14.2 Å². The first-order valence-electron chi connectivity index (χ1n) is 20.9. The first kappa shape index (κ1) is 46.4. The predicted molar refractivity (Wildman–Crippen MR) is 201 cm³/mol. The van der Waals surface area contributed by atoms with Crippen molar-refractivity contribution < 1.29 is 28.6 Å². The van der Waals surface area contributed by atoms with Gasteiger partial charge in [-0.3, -0.25) is 14.4 Å². The molecule has 284 valence electrons. The molecule has 0 saturated carbocycles. The Bertz CT molecular complexity index is 723. The highest BCUT2D eigenvalue weighted by molar-refractivity contribution is 5.71. The van der Waals surface area contributed by atoms with Crippen LogP contribution >= 0.6 is 0 Å². The van der Waals surface area contributed by atoms with E-state index < -0.39 is 6.10 Å². The maximum Gasteiger partial charge on any atom is 0.306 e. The minimum absolute atomic E-state index is 0.0651. The molecule has 48 heavy (non-hydrogen) atoms. The molecule has 0 amide bonds. The van der Waals surface area contributed by atoms with Crippen LogP contribution in [-0.2, 0) is 28.6 Å². The summed E-state index contributed by atoms with van der Waals surface area (Å²) in [5.74, 6) is -0.00121. The molecule has 1 unspecified atom stereocenters. The quantitative estimate of drug-likeness (QED) is 0.0369. The number of ether oxygens (including phenoxy) is 3. The van der Waals surface area contributed by atoms with Crippen molar-refractivity contribution in [1.29, 1.82) is 0 Å². The molecule has 0 aromatic rings. The third kappa shape index (κ3) is 34.3. The first-order chi connectivity index (χ1) is 23.4. The molecule has 0 bridgehead atoms. The molecule has 0 N–H and O–H groups in total. The first-order valence-corrected chi connectivity index (χ1v) is 20.9. The van der Waals surface area contributed by atoms with Crippen molar-refractivity contribution in [2.45, 2.75) is 233 Å². The SMILES string of the molecule is CCCCCCCCCCCC(=O)OC[C@@H](COC(=O)CCCCCCCCC)OC(=O)CCCCCCCCCCCCC(C)CC. The lowest BCUT2D eigenvalue weighted by Gasteiger charge is -2.18. The van der Waals surface area contributed by atoms with Crippen LogP contribution in [0.1, 0.15) is 227 Å². The van der Waals surface area contributed by atoms with Gasteiger partial charge in [-0.05, 0) is 25.2 Å². The van der Waals surface area contributed by atoms with E-state index in [-0.39, 0.29) is 31.1 Å². The standard InChI is InChI=1S/C42H80O6/c1-5-8-10-12-14-17-22-26-30-34-41(44)47-37-39(36-46-40(43)33-29-25-20-13-11-9-6-2)48-42(45)35-31-27-23-19-16-15-18-21-24-28-32-38(4)7-3/h38-39H,5-37H2,1-4H3/t38?,39-/m1/s1. The van der Waals surface area contributed by atoms with E-state index in [1.165, 1.54) is 122 Å². The van der Waals surface area contributed by atoms with Gasteiger partial charge in [0, 0.05) is 19.3 Å². The molecule has 0 aromatic heterocycles. The number of rotatable bonds is 37. The molecule has 6 nitrogen and oxygen atoms in total. The van der Waals surface area contributed by atoms with Gasteiger partial charge in [0.15, 0.2) is 6.10 Å². The van der Waals surface area contributed by atoms with Crippen LogP contribution in [0.5, 0.6) is 0 Å². The third-order valence-electron chi connectivity index (χ3n) is 9.65. The molecule has 0 saturated heterocycles. The van der Waals surface area contributed by atoms with Gasteiger partial charge in [0.25, 0.3) is 0 Å². The monoisotopic (exact) mass is 681 g/mol. The molecule has 0 aliphatic rings. The van der Waals surface area contributed by atoms with Crippen LogP contribution in [0.3, 0.4) is 0 Å².